The Balaban J connectivity index is 1.67. The van der Waals surface area contributed by atoms with Crippen LogP contribution in [-0.4, -0.2) is 47.8 Å². The molecule has 1 saturated heterocycles. The molecule has 0 radical (unpaired) electrons. The molecule has 5 rings (SSSR count). The second-order valence-electron chi connectivity index (χ2n) is 7.62. The lowest BCUT2D eigenvalue weighted by Crippen LogP contribution is -3.12. The highest BCUT2D eigenvalue weighted by molar-refractivity contribution is 5.71. The van der Waals surface area contributed by atoms with Crippen molar-refractivity contribution in [1.82, 2.24) is 14.6 Å². The van der Waals surface area contributed by atoms with E-state index in [9.17, 15) is 4.39 Å². The van der Waals surface area contributed by atoms with Gasteiger partial charge >= 0.3 is 0 Å². The lowest BCUT2D eigenvalue weighted by Gasteiger charge is -2.31. The zero-order valence-corrected chi connectivity index (χ0v) is 16.3. The Kier molecular flexibility index (Phi) is 4.48. The van der Waals surface area contributed by atoms with Crippen molar-refractivity contribution in [2.24, 2.45) is 0 Å². The molecule has 0 aliphatic carbocycles. The van der Waals surface area contributed by atoms with Crippen molar-refractivity contribution >= 4 is 11.5 Å². The van der Waals surface area contributed by atoms with Gasteiger partial charge in [-0.15, -0.1) is 0 Å². The normalized spacial score (nSPS) is 15.2. The van der Waals surface area contributed by atoms with Gasteiger partial charge in [-0.1, -0.05) is 42.5 Å². The van der Waals surface area contributed by atoms with Crippen LogP contribution in [0.4, 0.5) is 10.2 Å². The minimum absolute atomic E-state index is 0.264. The van der Waals surface area contributed by atoms with Gasteiger partial charge in [0.15, 0.2) is 5.65 Å². The van der Waals surface area contributed by atoms with Crippen molar-refractivity contribution in [3.63, 3.8) is 0 Å². The third-order valence-corrected chi connectivity index (χ3v) is 5.54. The van der Waals surface area contributed by atoms with Gasteiger partial charge in [-0.05, 0) is 12.1 Å². The van der Waals surface area contributed by atoms with Crippen LogP contribution in [0, 0.1) is 5.82 Å². The van der Waals surface area contributed by atoms with Gasteiger partial charge in [-0.2, -0.15) is 9.61 Å². The van der Waals surface area contributed by atoms with E-state index < -0.39 is 0 Å². The highest BCUT2D eigenvalue weighted by atomic mass is 19.1. The first-order valence-corrected chi connectivity index (χ1v) is 9.96. The molecule has 0 spiro atoms. The van der Waals surface area contributed by atoms with Gasteiger partial charge in [0.25, 0.3) is 0 Å². The third kappa shape index (κ3) is 3.47. The molecule has 0 bridgehead atoms. The SMILES string of the molecule is C[NH+]1CCN(c2cc(-c3ccccc3)nc3cc(-c4cccc(F)c4)nn23)CC1. The summed E-state index contributed by atoms with van der Waals surface area (Å²) in [7, 11) is 2.23. The lowest BCUT2D eigenvalue weighted by atomic mass is 10.1. The average molecular weight is 388 g/mol. The Bertz CT molecular complexity index is 1150. The lowest BCUT2D eigenvalue weighted by molar-refractivity contribution is -0.880. The van der Waals surface area contributed by atoms with E-state index in [1.54, 1.807) is 6.07 Å². The number of aromatic nitrogens is 3. The van der Waals surface area contributed by atoms with Crippen LogP contribution in [0.5, 0.6) is 0 Å². The molecule has 1 aliphatic heterocycles. The summed E-state index contributed by atoms with van der Waals surface area (Å²) in [4.78, 5) is 8.77. The van der Waals surface area contributed by atoms with Crippen LogP contribution in [0.1, 0.15) is 0 Å². The Morgan fingerprint density at radius 1 is 0.862 bits per heavy atom. The summed E-state index contributed by atoms with van der Waals surface area (Å²) in [5, 5.41) is 4.79. The molecule has 0 amide bonds. The van der Waals surface area contributed by atoms with Crippen molar-refractivity contribution in [1.29, 1.82) is 0 Å². The molecule has 1 aliphatic rings. The van der Waals surface area contributed by atoms with Crippen molar-refractivity contribution in [3.8, 4) is 22.5 Å². The van der Waals surface area contributed by atoms with Gasteiger partial charge in [0.2, 0.25) is 0 Å². The number of likely N-dealkylation sites (N-methyl/N-ethyl adjacent to an activating group) is 1. The van der Waals surface area contributed by atoms with Crippen LogP contribution in [-0.2, 0) is 0 Å². The molecule has 1 fully saturated rings. The number of fused-ring (bicyclic) bond motifs is 1. The summed E-state index contributed by atoms with van der Waals surface area (Å²) in [6, 6.07) is 20.8. The highest BCUT2D eigenvalue weighted by Crippen LogP contribution is 2.28. The fraction of sp³-hybridized carbons (Fsp3) is 0.217. The van der Waals surface area contributed by atoms with E-state index in [4.69, 9.17) is 10.1 Å². The quantitative estimate of drug-likeness (QED) is 0.586. The number of anilines is 1. The maximum absolute atomic E-state index is 13.7. The summed E-state index contributed by atoms with van der Waals surface area (Å²) < 4.78 is 15.6. The molecule has 146 valence electrons. The second-order valence-corrected chi connectivity index (χ2v) is 7.62. The van der Waals surface area contributed by atoms with Crippen LogP contribution >= 0.6 is 0 Å². The minimum Gasteiger partial charge on any atom is -0.345 e. The molecule has 2 aromatic heterocycles. The second kappa shape index (κ2) is 7.29. The first kappa shape index (κ1) is 17.8. The number of benzene rings is 2. The van der Waals surface area contributed by atoms with Gasteiger partial charge < -0.3 is 9.80 Å². The molecular formula is C23H23FN5+. The van der Waals surface area contributed by atoms with Crippen molar-refractivity contribution in [2.75, 3.05) is 38.1 Å². The highest BCUT2D eigenvalue weighted by Gasteiger charge is 2.21. The largest absolute Gasteiger partial charge is 0.345 e. The molecule has 0 unspecified atom stereocenters. The Morgan fingerprint density at radius 3 is 2.38 bits per heavy atom. The Morgan fingerprint density at radius 2 is 1.62 bits per heavy atom. The molecule has 1 N–H and O–H groups in total. The number of nitrogens with zero attached hydrogens (tertiary/aromatic N) is 4. The van der Waals surface area contributed by atoms with Gasteiger partial charge in [0, 0.05) is 23.3 Å². The first-order valence-electron chi connectivity index (χ1n) is 9.96. The number of piperazine rings is 1. The molecular weight excluding hydrogens is 365 g/mol. The third-order valence-electron chi connectivity index (χ3n) is 5.54. The zero-order chi connectivity index (χ0) is 19.8. The predicted octanol–water partition coefficient (Wildman–Crippen LogP) is 2.54. The number of hydrogen-bond donors (Lipinski definition) is 1. The fourth-order valence-electron chi connectivity index (χ4n) is 3.85. The number of rotatable bonds is 3. The molecule has 0 atom stereocenters. The Hall–Kier alpha value is -3.25. The average Bonchev–Trinajstić information content (AvgIpc) is 3.19. The number of halogens is 1. The van der Waals surface area contributed by atoms with Crippen LogP contribution in [0.25, 0.3) is 28.2 Å². The zero-order valence-electron chi connectivity index (χ0n) is 16.3. The molecule has 5 nitrogen and oxygen atoms in total. The number of hydrogen-bond acceptors (Lipinski definition) is 3. The molecule has 3 heterocycles. The van der Waals surface area contributed by atoms with Gasteiger partial charge in [0.05, 0.1) is 44.6 Å². The van der Waals surface area contributed by atoms with Crippen molar-refractivity contribution < 1.29 is 9.29 Å². The molecule has 0 saturated carbocycles. The van der Waals surface area contributed by atoms with Crippen molar-refractivity contribution in [3.05, 3.63) is 72.5 Å². The van der Waals surface area contributed by atoms with E-state index in [0.29, 0.717) is 0 Å². The van der Waals surface area contributed by atoms with E-state index in [1.807, 2.05) is 34.8 Å². The molecule has 29 heavy (non-hydrogen) atoms. The summed E-state index contributed by atoms with van der Waals surface area (Å²) in [6.07, 6.45) is 0. The van der Waals surface area contributed by atoms with E-state index >= 15 is 0 Å². The van der Waals surface area contributed by atoms with Gasteiger partial charge in [-0.3, -0.25) is 0 Å². The van der Waals surface area contributed by atoms with Gasteiger partial charge in [0.1, 0.15) is 11.6 Å². The summed E-state index contributed by atoms with van der Waals surface area (Å²) >= 11 is 0. The Labute approximate surface area is 169 Å². The summed E-state index contributed by atoms with van der Waals surface area (Å²) in [5.74, 6) is 0.767. The van der Waals surface area contributed by atoms with Crippen LogP contribution in [0.3, 0.4) is 0 Å². The van der Waals surface area contributed by atoms with E-state index in [0.717, 1.165) is 60.2 Å². The molecule has 4 aromatic rings. The first-order chi connectivity index (χ1) is 14.2. The summed E-state index contributed by atoms with van der Waals surface area (Å²) in [6.45, 7) is 4.10. The van der Waals surface area contributed by atoms with Crippen LogP contribution in [0.15, 0.2) is 66.7 Å². The van der Waals surface area contributed by atoms with Crippen LogP contribution in [0.2, 0.25) is 0 Å². The maximum Gasteiger partial charge on any atom is 0.158 e. The monoisotopic (exact) mass is 388 g/mol. The molecule has 6 heteroatoms. The minimum atomic E-state index is -0.264. The van der Waals surface area contributed by atoms with E-state index in [-0.39, 0.29) is 5.82 Å². The smallest absolute Gasteiger partial charge is 0.158 e. The topological polar surface area (TPSA) is 37.9 Å². The predicted molar refractivity (Wildman–Crippen MR) is 113 cm³/mol. The van der Waals surface area contributed by atoms with Gasteiger partial charge in [-0.25, -0.2) is 9.37 Å². The van der Waals surface area contributed by atoms with Crippen molar-refractivity contribution in [2.45, 2.75) is 0 Å². The standard InChI is InChI=1S/C23H22FN5/c1-27-10-12-28(13-11-27)23-16-20(17-6-3-2-4-7-17)25-22-15-21(26-29(22)23)18-8-5-9-19(24)14-18/h2-9,14-16H,10-13H2,1H3/p+1. The van der Waals surface area contributed by atoms with Crippen LogP contribution < -0.4 is 9.80 Å². The fourth-order valence-corrected chi connectivity index (χ4v) is 3.85. The summed E-state index contributed by atoms with van der Waals surface area (Å²) in [5.41, 5.74) is 4.25. The molecule has 2 aromatic carbocycles. The number of nitrogens with one attached hydrogen (secondary N) is 1. The maximum atomic E-state index is 13.7. The van der Waals surface area contributed by atoms with E-state index in [1.165, 1.54) is 17.0 Å². The number of quaternary nitrogens is 1. The van der Waals surface area contributed by atoms with E-state index in [2.05, 4.69) is 30.1 Å².